The zero-order valence-electron chi connectivity index (χ0n) is 11.2. The first-order valence-electron chi connectivity index (χ1n) is 6.04. The third-order valence-corrected chi connectivity index (χ3v) is 2.36. The van der Waals surface area contributed by atoms with E-state index in [0.717, 1.165) is 0 Å². The van der Waals surface area contributed by atoms with Crippen molar-refractivity contribution in [1.82, 2.24) is 9.97 Å². The summed E-state index contributed by atoms with van der Waals surface area (Å²) in [5, 5.41) is 0. The molecule has 1 aromatic heterocycles. The fraction of sp³-hybridized carbons (Fsp3) is 0.214. The Hall–Kier alpha value is -2.63. The molecular weight excluding hydrogens is 260 g/mol. The van der Waals surface area contributed by atoms with Gasteiger partial charge in [0.05, 0.1) is 26.1 Å². The summed E-state index contributed by atoms with van der Waals surface area (Å²) in [7, 11) is 1.29. The first-order valence-corrected chi connectivity index (χ1v) is 6.04. The minimum atomic E-state index is -0.539. The second-order valence-electron chi connectivity index (χ2n) is 3.74. The highest BCUT2D eigenvalue weighted by molar-refractivity contribution is 5.86. The molecule has 6 nitrogen and oxygen atoms in total. The van der Waals surface area contributed by atoms with Crippen LogP contribution in [0.5, 0.6) is 17.4 Å². The number of nitrogens with zero attached hydrogens (tertiary/aromatic N) is 2. The van der Waals surface area contributed by atoms with Gasteiger partial charge in [-0.1, -0.05) is 6.07 Å². The fourth-order valence-electron chi connectivity index (χ4n) is 1.49. The smallest absolute Gasteiger partial charge is 0.358 e. The van der Waals surface area contributed by atoms with Crippen LogP contribution >= 0.6 is 0 Å². The van der Waals surface area contributed by atoms with Crippen LogP contribution in [-0.2, 0) is 4.74 Å². The Morgan fingerprint density at radius 1 is 1.20 bits per heavy atom. The summed E-state index contributed by atoms with van der Waals surface area (Å²) in [6.45, 7) is 2.49. The van der Waals surface area contributed by atoms with Gasteiger partial charge < -0.3 is 14.2 Å². The molecular formula is C14H14N2O4. The molecule has 0 aliphatic carbocycles. The number of aromatic nitrogens is 2. The van der Waals surface area contributed by atoms with Gasteiger partial charge in [-0.25, -0.2) is 14.8 Å². The SMILES string of the molecule is CCOc1cccc(Oc2cnc(C(=O)OC)cn2)c1. The molecule has 0 radical (unpaired) electrons. The third kappa shape index (κ3) is 3.44. The summed E-state index contributed by atoms with van der Waals surface area (Å²) in [5.74, 6) is 1.04. The van der Waals surface area contributed by atoms with E-state index in [1.165, 1.54) is 19.5 Å². The lowest BCUT2D eigenvalue weighted by atomic mass is 10.3. The monoisotopic (exact) mass is 274 g/mol. The molecule has 2 aromatic rings. The van der Waals surface area contributed by atoms with Crippen LogP contribution in [0.1, 0.15) is 17.4 Å². The van der Waals surface area contributed by atoms with Crippen LogP contribution in [0.25, 0.3) is 0 Å². The van der Waals surface area contributed by atoms with Crippen LogP contribution in [0.4, 0.5) is 0 Å². The predicted molar refractivity (Wildman–Crippen MR) is 71.1 cm³/mol. The molecule has 0 amide bonds. The van der Waals surface area contributed by atoms with Gasteiger partial charge in [0.25, 0.3) is 0 Å². The molecule has 0 N–H and O–H groups in total. The third-order valence-electron chi connectivity index (χ3n) is 2.36. The zero-order valence-corrected chi connectivity index (χ0v) is 11.2. The van der Waals surface area contributed by atoms with Crippen molar-refractivity contribution < 1.29 is 19.0 Å². The van der Waals surface area contributed by atoms with E-state index in [4.69, 9.17) is 9.47 Å². The van der Waals surface area contributed by atoms with E-state index in [-0.39, 0.29) is 11.6 Å². The molecule has 0 fully saturated rings. The molecule has 0 unspecified atom stereocenters. The van der Waals surface area contributed by atoms with Gasteiger partial charge in [-0.05, 0) is 19.1 Å². The van der Waals surface area contributed by atoms with Crippen molar-refractivity contribution in [3.8, 4) is 17.4 Å². The largest absolute Gasteiger partial charge is 0.494 e. The van der Waals surface area contributed by atoms with E-state index in [1.807, 2.05) is 19.1 Å². The molecule has 1 aromatic carbocycles. The Morgan fingerprint density at radius 2 is 2.00 bits per heavy atom. The molecule has 0 bridgehead atoms. The standard InChI is InChI=1S/C14H14N2O4/c1-3-19-10-5-4-6-11(7-10)20-13-9-15-12(8-16-13)14(17)18-2/h4-9H,3H2,1-2H3. The van der Waals surface area contributed by atoms with Crippen molar-refractivity contribution in [1.29, 1.82) is 0 Å². The van der Waals surface area contributed by atoms with Crippen LogP contribution in [0, 0.1) is 0 Å². The van der Waals surface area contributed by atoms with E-state index in [0.29, 0.717) is 18.1 Å². The summed E-state index contributed by atoms with van der Waals surface area (Å²) >= 11 is 0. The lowest BCUT2D eigenvalue weighted by Gasteiger charge is -2.07. The van der Waals surface area contributed by atoms with Crippen molar-refractivity contribution in [2.45, 2.75) is 6.92 Å². The minimum absolute atomic E-state index is 0.128. The van der Waals surface area contributed by atoms with Crippen molar-refractivity contribution in [2.24, 2.45) is 0 Å². The quantitative estimate of drug-likeness (QED) is 0.780. The summed E-state index contributed by atoms with van der Waals surface area (Å²) < 4.78 is 15.4. The summed E-state index contributed by atoms with van der Waals surface area (Å²) in [6.07, 6.45) is 2.66. The number of methoxy groups -OCH3 is 1. The topological polar surface area (TPSA) is 70.5 Å². The molecule has 104 valence electrons. The number of esters is 1. The van der Waals surface area contributed by atoms with Crippen LogP contribution in [0.3, 0.4) is 0 Å². The van der Waals surface area contributed by atoms with E-state index < -0.39 is 5.97 Å². The van der Waals surface area contributed by atoms with Gasteiger partial charge in [0.2, 0.25) is 5.88 Å². The highest BCUT2D eigenvalue weighted by Gasteiger charge is 2.08. The minimum Gasteiger partial charge on any atom is -0.494 e. The normalized spacial score (nSPS) is 9.90. The molecule has 6 heteroatoms. The number of benzene rings is 1. The molecule has 1 heterocycles. The molecule has 0 saturated carbocycles. The van der Waals surface area contributed by atoms with E-state index in [1.54, 1.807) is 12.1 Å². The maximum atomic E-state index is 11.2. The van der Waals surface area contributed by atoms with Gasteiger partial charge in [-0.2, -0.15) is 0 Å². The van der Waals surface area contributed by atoms with Crippen LogP contribution in [0.2, 0.25) is 0 Å². The first kappa shape index (κ1) is 13.8. The van der Waals surface area contributed by atoms with Crippen LogP contribution in [-0.4, -0.2) is 29.7 Å². The van der Waals surface area contributed by atoms with Gasteiger partial charge >= 0.3 is 5.97 Å². The fourth-order valence-corrected chi connectivity index (χ4v) is 1.49. The van der Waals surface area contributed by atoms with Crippen molar-refractivity contribution in [3.05, 3.63) is 42.4 Å². The number of carbonyl (C=O) groups is 1. The second-order valence-corrected chi connectivity index (χ2v) is 3.74. The second kappa shape index (κ2) is 6.51. The average Bonchev–Trinajstić information content (AvgIpc) is 2.48. The number of carbonyl (C=O) groups excluding carboxylic acids is 1. The summed E-state index contributed by atoms with van der Waals surface area (Å²) in [6, 6.07) is 7.18. The van der Waals surface area contributed by atoms with Gasteiger partial charge in [0.1, 0.15) is 11.5 Å². The maximum Gasteiger partial charge on any atom is 0.358 e. The molecule has 20 heavy (non-hydrogen) atoms. The predicted octanol–water partition coefficient (Wildman–Crippen LogP) is 2.45. The lowest BCUT2D eigenvalue weighted by molar-refractivity contribution is 0.0593. The Bertz CT molecular complexity index is 584. The van der Waals surface area contributed by atoms with Crippen molar-refractivity contribution in [2.75, 3.05) is 13.7 Å². The van der Waals surface area contributed by atoms with E-state index in [2.05, 4.69) is 14.7 Å². The van der Waals surface area contributed by atoms with Crippen molar-refractivity contribution in [3.63, 3.8) is 0 Å². The Morgan fingerprint density at radius 3 is 2.65 bits per heavy atom. The van der Waals surface area contributed by atoms with Gasteiger partial charge in [0, 0.05) is 6.07 Å². The zero-order chi connectivity index (χ0) is 14.4. The Balaban J connectivity index is 2.09. The van der Waals surface area contributed by atoms with E-state index in [9.17, 15) is 4.79 Å². The molecule has 2 rings (SSSR count). The summed E-state index contributed by atoms with van der Waals surface area (Å²) in [4.78, 5) is 19.1. The number of ether oxygens (including phenoxy) is 3. The molecule has 0 aliphatic heterocycles. The van der Waals surface area contributed by atoms with Crippen LogP contribution < -0.4 is 9.47 Å². The lowest BCUT2D eigenvalue weighted by Crippen LogP contribution is -2.04. The molecule has 0 atom stereocenters. The Kier molecular flexibility index (Phi) is 4.49. The molecule has 0 aliphatic rings. The van der Waals surface area contributed by atoms with Crippen molar-refractivity contribution >= 4 is 5.97 Å². The number of hydrogen-bond acceptors (Lipinski definition) is 6. The molecule has 0 spiro atoms. The highest BCUT2D eigenvalue weighted by Crippen LogP contribution is 2.23. The highest BCUT2D eigenvalue weighted by atomic mass is 16.5. The van der Waals surface area contributed by atoms with Crippen LogP contribution in [0.15, 0.2) is 36.7 Å². The van der Waals surface area contributed by atoms with E-state index >= 15 is 0 Å². The van der Waals surface area contributed by atoms with Gasteiger partial charge in [-0.3, -0.25) is 0 Å². The first-order chi connectivity index (χ1) is 9.72. The van der Waals surface area contributed by atoms with Gasteiger partial charge in [-0.15, -0.1) is 0 Å². The summed E-state index contributed by atoms with van der Waals surface area (Å²) in [5.41, 5.74) is 0.128. The average molecular weight is 274 g/mol. The maximum absolute atomic E-state index is 11.2. The Labute approximate surface area is 116 Å². The number of hydrogen-bond donors (Lipinski definition) is 0. The number of rotatable bonds is 5. The van der Waals surface area contributed by atoms with Gasteiger partial charge in [0.15, 0.2) is 5.69 Å². The molecule has 0 saturated heterocycles.